The Morgan fingerprint density at radius 3 is 2.37 bits per heavy atom. The monoisotopic (exact) mass is 296 g/mol. The van der Waals surface area contributed by atoms with Gasteiger partial charge in [0.2, 0.25) is 0 Å². The maximum atomic E-state index is 6.26. The fourth-order valence-corrected chi connectivity index (χ4v) is 2.36. The second-order valence-electron chi connectivity index (χ2n) is 5.87. The number of rotatable bonds is 3. The minimum atomic E-state index is 0.256. The first-order valence-corrected chi connectivity index (χ1v) is 7.13. The Kier molecular flexibility index (Phi) is 4.27. The molecule has 0 saturated carbocycles. The van der Waals surface area contributed by atoms with Crippen LogP contribution in [0.25, 0.3) is 10.8 Å². The summed E-state index contributed by atoms with van der Waals surface area (Å²) in [4.78, 5) is 0. The zero-order valence-corrected chi connectivity index (χ0v) is 13.0. The number of hydrogen-bond acceptors (Lipinski definition) is 1. The molecule has 0 unspecified atom stereocenters. The Hall–Kier alpha value is -0.920. The molecule has 0 aliphatic carbocycles. The number of fused-ring (bicyclic) bond motifs is 1. The molecule has 2 aromatic rings. The first-order valence-electron chi connectivity index (χ1n) is 6.38. The van der Waals surface area contributed by atoms with Crippen molar-refractivity contribution in [1.82, 2.24) is 0 Å². The van der Waals surface area contributed by atoms with Crippen molar-refractivity contribution >= 4 is 34.0 Å². The molecule has 0 heterocycles. The Morgan fingerprint density at radius 1 is 1.00 bits per heavy atom. The molecular weight excluding hydrogens is 279 g/mol. The second-order valence-corrected chi connectivity index (χ2v) is 6.68. The van der Waals surface area contributed by atoms with Gasteiger partial charge < -0.3 is 4.74 Å². The van der Waals surface area contributed by atoms with Gasteiger partial charge in [0.1, 0.15) is 5.75 Å². The van der Waals surface area contributed by atoms with Crippen LogP contribution in [0.3, 0.4) is 0 Å². The van der Waals surface area contributed by atoms with E-state index in [1.165, 1.54) is 0 Å². The highest BCUT2D eigenvalue weighted by Gasteiger charge is 2.12. The van der Waals surface area contributed by atoms with Crippen LogP contribution >= 0.6 is 23.2 Å². The number of ether oxygens (including phenoxy) is 1. The van der Waals surface area contributed by atoms with E-state index in [-0.39, 0.29) is 5.41 Å². The van der Waals surface area contributed by atoms with Crippen LogP contribution < -0.4 is 4.74 Å². The highest BCUT2D eigenvalue weighted by Crippen LogP contribution is 2.36. The molecule has 102 valence electrons. The molecule has 2 aromatic carbocycles. The van der Waals surface area contributed by atoms with Gasteiger partial charge in [-0.25, -0.2) is 0 Å². The lowest BCUT2D eigenvalue weighted by atomic mass is 9.93. The molecule has 0 radical (unpaired) electrons. The fraction of sp³-hybridized carbons (Fsp3) is 0.375. The Balaban J connectivity index is 2.31. The summed E-state index contributed by atoms with van der Waals surface area (Å²) in [6.07, 6.45) is 0.988. The largest absolute Gasteiger partial charge is 0.493 e. The topological polar surface area (TPSA) is 9.23 Å². The summed E-state index contributed by atoms with van der Waals surface area (Å²) < 4.78 is 5.89. The first kappa shape index (κ1) is 14.5. The van der Waals surface area contributed by atoms with Gasteiger partial charge in [0.05, 0.1) is 11.6 Å². The van der Waals surface area contributed by atoms with Gasteiger partial charge in [0.25, 0.3) is 0 Å². The molecule has 0 aliphatic rings. The summed E-state index contributed by atoms with van der Waals surface area (Å²) >= 11 is 12.5. The van der Waals surface area contributed by atoms with E-state index in [2.05, 4.69) is 20.8 Å². The maximum Gasteiger partial charge on any atom is 0.128 e. The normalized spacial score (nSPS) is 11.8. The molecular formula is C16H18Cl2O. The van der Waals surface area contributed by atoms with Gasteiger partial charge in [-0.05, 0) is 30.0 Å². The van der Waals surface area contributed by atoms with Gasteiger partial charge in [-0.3, -0.25) is 0 Å². The van der Waals surface area contributed by atoms with Crippen LogP contribution in [0.2, 0.25) is 10.0 Å². The zero-order chi connectivity index (χ0) is 14.0. The SMILES string of the molecule is CC(C)(C)CCOc1cccc2c(Cl)ccc(Cl)c12. The van der Waals surface area contributed by atoms with E-state index >= 15 is 0 Å². The Bertz CT molecular complexity index is 585. The third-order valence-corrected chi connectivity index (χ3v) is 3.65. The van der Waals surface area contributed by atoms with Crippen LogP contribution in [0.1, 0.15) is 27.2 Å². The molecule has 0 bridgehead atoms. The van der Waals surface area contributed by atoms with Crippen LogP contribution in [0.4, 0.5) is 0 Å². The zero-order valence-electron chi connectivity index (χ0n) is 11.5. The van der Waals surface area contributed by atoms with E-state index in [1.807, 2.05) is 30.3 Å². The van der Waals surface area contributed by atoms with E-state index < -0.39 is 0 Å². The molecule has 2 rings (SSSR count). The maximum absolute atomic E-state index is 6.26. The number of hydrogen-bond donors (Lipinski definition) is 0. The highest BCUT2D eigenvalue weighted by molar-refractivity contribution is 6.40. The van der Waals surface area contributed by atoms with Crippen LogP contribution in [-0.2, 0) is 0 Å². The van der Waals surface area contributed by atoms with Crippen molar-refractivity contribution in [2.75, 3.05) is 6.61 Å². The standard InChI is InChI=1S/C16H18Cl2O/c1-16(2,3)9-10-19-14-6-4-5-11-12(17)7-8-13(18)15(11)14/h4-8H,9-10H2,1-3H3. The number of benzene rings is 2. The van der Waals surface area contributed by atoms with Crippen molar-refractivity contribution in [3.63, 3.8) is 0 Å². The van der Waals surface area contributed by atoms with Crippen LogP contribution in [-0.4, -0.2) is 6.61 Å². The number of halogens is 2. The molecule has 0 aliphatic heterocycles. The molecule has 0 aromatic heterocycles. The van der Waals surface area contributed by atoms with E-state index in [0.717, 1.165) is 22.9 Å². The molecule has 0 N–H and O–H groups in total. The van der Waals surface area contributed by atoms with Crippen molar-refractivity contribution in [1.29, 1.82) is 0 Å². The highest BCUT2D eigenvalue weighted by atomic mass is 35.5. The minimum Gasteiger partial charge on any atom is -0.493 e. The van der Waals surface area contributed by atoms with Gasteiger partial charge in [0.15, 0.2) is 0 Å². The van der Waals surface area contributed by atoms with Gasteiger partial charge in [0, 0.05) is 15.8 Å². The Labute approximate surface area is 124 Å². The summed E-state index contributed by atoms with van der Waals surface area (Å²) in [6.45, 7) is 7.27. The third-order valence-electron chi connectivity index (χ3n) is 3.01. The van der Waals surface area contributed by atoms with E-state index in [0.29, 0.717) is 16.7 Å². The summed E-state index contributed by atoms with van der Waals surface area (Å²) in [5.41, 5.74) is 0.256. The van der Waals surface area contributed by atoms with Crippen molar-refractivity contribution in [3.8, 4) is 5.75 Å². The Morgan fingerprint density at radius 2 is 1.68 bits per heavy atom. The molecule has 19 heavy (non-hydrogen) atoms. The van der Waals surface area contributed by atoms with Gasteiger partial charge in [-0.15, -0.1) is 0 Å². The lowest BCUT2D eigenvalue weighted by molar-refractivity contribution is 0.245. The van der Waals surface area contributed by atoms with Crippen LogP contribution in [0.15, 0.2) is 30.3 Å². The van der Waals surface area contributed by atoms with Gasteiger partial charge >= 0.3 is 0 Å². The average Bonchev–Trinajstić information content (AvgIpc) is 2.32. The second kappa shape index (κ2) is 5.60. The lowest BCUT2D eigenvalue weighted by Crippen LogP contribution is -2.11. The fourth-order valence-electron chi connectivity index (χ4n) is 1.88. The van der Waals surface area contributed by atoms with Gasteiger partial charge in [-0.2, -0.15) is 0 Å². The lowest BCUT2D eigenvalue weighted by Gasteiger charge is -2.19. The van der Waals surface area contributed by atoms with E-state index in [4.69, 9.17) is 27.9 Å². The molecule has 0 atom stereocenters. The van der Waals surface area contributed by atoms with Crippen molar-refractivity contribution in [2.24, 2.45) is 5.41 Å². The van der Waals surface area contributed by atoms with Gasteiger partial charge in [-0.1, -0.05) is 56.1 Å². The molecule has 0 spiro atoms. The van der Waals surface area contributed by atoms with Crippen molar-refractivity contribution < 1.29 is 4.74 Å². The first-order chi connectivity index (χ1) is 8.88. The van der Waals surface area contributed by atoms with Crippen LogP contribution in [0, 0.1) is 5.41 Å². The van der Waals surface area contributed by atoms with E-state index in [1.54, 1.807) is 0 Å². The molecule has 0 amide bonds. The predicted octanol–water partition coefficient (Wildman–Crippen LogP) is 5.96. The molecule has 0 saturated heterocycles. The smallest absolute Gasteiger partial charge is 0.128 e. The van der Waals surface area contributed by atoms with E-state index in [9.17, 15) is 0 Å². The summed E-state index contributed by atoms with van der Waals surface area (Å²) in [5, 5.41) is 3.19. The summed E-state index contributed by atoms with van der Waals surface area (Å²) in [6, 6.07) is 9.46. The summed E-state index contributed by atoms with van der Waals surface area (Å²) in [5.74, 6) is 0.800. The predicted molar refractivity (Wildman–Crippen MR) is 83.5 cm³/mol. The third kappa shape index (κ3) is 3.55. The quantitative estimate of drug-likeness (QED) is 0.679. The van der Waals surface area contributed by atoms with Crippen molar-refractivity contribution in [3.05, 3.63) is 40.4 Å². The summed E-state index contributed by atoms with van der Waals surface area (Å²) in [7, 11) is 0. The average molecular weight is 297 g/mol. The molecule has 1 nitrogen and oxygen atoms in total. The molecule has 3 heteroatoms. The minimum absolute atomic E-state index is 0.256. The van der Waals surface area contributed by atoms with Crippen LogP contribution in [0.5, 0.6) is 5.75 Å². The van der Waals surface area contributed by atoms with Crippen molar-refractivity contribution in [2.45, 2.75) is 27.2 Å². The molecule has 0 fully saturated rings.